The smallest absolute Gasteiger partial charge is 0.334 e. The van der Waals surface area contributed by atoms with Crippen molar-refractivity contribution in [2.75, 3.05) is 5.32 Å². The molecule has 2 aromatic rings. The van der Waals surface area contributed by atoms with Gasteiger partial charge in [-0.05, 0) is 42.8 Å². The summed E-state index contributed by atoms with van der Waals surface area (Å²) in [7, 11) is -4.93. The fraction of sp³-hybridized carbons (Fsp3) is 0.0714. The van der Waals surface area contributed by atoms with Crippen LogP contribution in [0.5, 0.6) is 5.75 Å². The molecule has 0 spiro atoms. The first-order valence-electron chi connectivity index (χ1n) is 5.93. The van der Waals surface area contributed by atoms with Gasteiger partial charge in [0.25, 0.3) is 5.91 Å². The van der Waals surface area contributed by atoms with Gasteiger partial charge in [-0.2, -0.15) is 8.42 Å². The van der Waals surface area contributed by atoms with Crippen molar-refractivity contribution in [2.24, 2.45) is 0 Å². The molecule has 0 radical (unpaired) electrons. The lowest BCUT2D eigenvalue weighted by molar-refractivity contribution is 0.102. The molecule has 7 heteroatoms. The molecule has 0 aliphatic carbocycles. The van der Waals surface area contributed by atoms with Gasteiger partial charge in [-0.25, -0.2) is 0 Å². The molecule has 0 aliphatic heterocycles. The van der Waals surface area contributed by atoms with Crippen molar-refractivity contribution in [3.05, 3.63) is 53.6 Å². The average molecular weight is 309 g/mol. The third-order valence-electron chi connectivity index (χ3n) is 2.86. The zero-order valence-corrected chi connectivity index (χ0v) is 11.8. The second kappa shape index (κ2) is 5.53. The lowest BCUT2D eigenvalue weighted by Gasteiger charge is -2.09. The summed E-state index contributed by atoms with van der Waals surface area (Å²) < 4.78 is 35.2. The predicted octanol–water partition coefficient (Wildman–Crippen LogP) is 2.61. The van der Waals surface area contributed by atoms with Crippen LogP contribution < -0.4 is 5.32 Å². The summed E-state index contributed by atoms with van der Waals surface area (Å²) in [5.74, 6) is -0.563. The second-order valence-corrected chi connectivity index (χ2v) is 5.70. The van der Waals surface area contributed by atoms with Crippen LogP contribution in [0.4, 0.5) is 9.57 Å². The summed E-state index contributed by atoms with van der Waals surface area (Å²) in [4.78, 5) is 11.4. The number of halogens is 1. The Morgan fingerprint density at radius 1 is 1.19 bits per heavy atom. The average Bonchev–Trinajstić information content (AvgIpc) is 2.41. The van der Waals surface area contributed by atoms with E-state index in [-0.39, 0.29) is 17.0 Å². The lowest BCUT2D eigenvalue weighted by Crippen LogP contribution is -2.14. The largest absolute Gasteiger partial charge is 0.508 e. The fourth-order valence-corrected chi connectivity index (χ4v) is 2.40. The summed E-state index contributed by atoms with van der Waals surface area (Å²) in [6.45, 7) is 1.62. The Morgan fingerprint density at radius 3 is 2.48 bits per heavy atom. The quantitative estimate of drug-likeness (QED) is 0.854. The van der Waals surface area contributed by atoms with Crippen LogP contribution in [0.3, 0.4) is 0 Å². The van der Waals surface area contributed by atoms with Crippen molar-refractivity contribution in [3.8, 4) is 5.75 Å². The normalized spacial score (nSPS) is 11.1. The highest BCUT2D eigenvalue weighted by Gasteiger charge is 2.18. The lowest BCUT2D eigenvalue weighted by atomic mass is 10.1. The highest BCUT2D eigenvalue weighted by molar-refractivity contribution is 7.86. The number of carbonyl (C=O) groups excluding carboxylic acids is 1. The number of carbonyl (C=O) groups is 1. The SMILES string of the molecule is Cc1cc(C(=O)Nc2ccccc2S(=O)(=O)F)ccc1O. The molecule has 21 heavy (non-hydrogen) atoms. The van der Waals surface area contributed by atoms with Crippen LogP contribution >= 0.6 is 0 Å². The van der Waals surface area contributed by atoms with Gasteiger partial charge in [0.1, 0.15) is 10.6 Å². The van der Waals surface area contributed by atoms with Crippen LogP contribution in [0.25, 0.3) is 0 Å². The Balaban J connectivity index is 2.34. The Labute approximate surface area is 121 Å². The van der Waals surface area contributed by atoms with E-state index in [0.717, 1.165) is 6.07 Å². The fourth-order valence-electron chi connectivity index (χ4n) is 1.77. The van der Waals surface area contributed by atoms with Gasteiger partial charge in [-0.3, -0.25) is 4.79 Å². The number of aromatic hydroxyl groups is 1. The molecule has 110 valence electrons. The summed E-state index contributed by atoms with van der Waals surface area (Å²) in [6, 6.07) is 9.35. The number of hydrogen-bond acceptors (Lipinski definition) is 4. The van der Waals surface area contributed by atoms with Gasteiger partial charge in [0.05, 0.1) is 5.69 Å². The molecule has 0 aromatic heterocycles. The predicted molar refractivity (Wildman–Crippen MR) is 75.5 cm³/mol. The van der Waals surface area contributed by atoms with Crippen molar-refractivity contribution in [1.29, 1.82) is 0 Å². The molecule has 2 aromatic carbocycles. The minimum absolute atomic E-state index is 0.0401. The molecule has 5 nitrogen and oxygen atoms in total. The van der Waals surface area contributed by atoms with Crippen LogP contribution in [-0.2, 0) is 10.2 Å². The number of anilines is 1. The number of phenols is 1. The van der Waals surface area contributed by atoms with E-state index in [9.17, 15) is 22.2 Å². The number of nitrogens with one attached hydrogen (secondary N) is 1. The maximum Gasteiger partial charge on any atom is 0.334 e. The molecule has 1 amide bonds. The molecular formula is C14H12FNO4S. The summed E-state index contributed by atoms with van der Waals surface area (Å²) in [6.07, 6.45) is 0. The van der Waals surface area contributed by atoms with E-state index >= 15 is 0 Å². The van der Waals surface area contributed by atoms with Gasteiger partial charge in [0.15, 0.2) is 0 Å². The van der Waals surface area contributed by atoms with Gasteiger partial charge in [0.2, 0.25) is 0 Å². The second-order valence-electron chi connectivity index (χ2n) is 4.39. The van der Waals surface area contributed by atoms with E-state index in [1.54, 1.807) is 6.92 Å². The highest BCUT2D eigenvalue weighted by Crippen LogP contribution is 2.24. The third kappa shape index (κ3) is 3.38. The number of para-hydroxylation sites is 1. The molecule has 0 fully saturated rings. The van der Waals surface area contributed by atoms with Crippen molar-refractivity contribution in [2.45, 2.75) is 11.8 Å². The van der Waals surface area contributed by atoms with E-state index in [1.165, 1.54) is 36.4 Å². The molecule has 0 bridgehead atoms. The minimum Gasteiger partial charge on any atom is -0.508 e. The molecule has 2 rings (SSSR count). The van der Waals surface area contributed by atoms with E-state index < -0.39 is 21.0 Å². The summed E-state index contributed by atoms with van der Waals surface area (Å²) in [5.41, 5.74) is 0.570. The van der Waals surface area contributed by atoms with Gasteiger partial charge in [0, 0.05) is 5.56 Å². The highest BCUT2D eigenvalue weighted by atomic mass is 32.3. The Hall–Kier alpha value is -2.41. The first kappa shape index (κ1) is 15.0. The third-order valence-corrected chi connectivity index (χ3v) is 3.74. The molecule has 2 N–H and O–H groups in total. The van der Waals surface area contributed by atoms with E-state index in [1.807, 2.05) is 0 Å². The van der Waals surface area contributed by atoms with Crippen molar-refractivity contribution in [3.63, 3.8) is 0 Å². The van der Waals surface area contributed by atoms with E-state index in [4.69, 9.17) is 0 Å². The number of aryl methyl sites for hydroxylation is 1. The number of benzene rings is 2. The molecule has 0 saturated heterocycles. The Kier molecular flexibility index (Phi) is 3.95. The zero-order chi connectivity index (χ0) is 15.6. The summed E-state index contributed by atoms with van der Waals surface area (Å²) >= 11 is 0. The van der Waals surface area contributed by atoms with Crippen LogP contribution in [0.1, 0.15) is 15.9 Å². The van der Waals surface area contributed by atoms with Crippen LogP contribution in [0.15, 0.2) is 47.4 Å². The van der Waals surface area contributed by atoms with Gasteiger partial charge in [-0.1, -0.05) is 12.1 Å². The first-order chi connectivity index (χ1) is 9.79. The molecule has 0 atom stereocenters. The monoisotopic (exact) mass is 309 g/mol. The molecular weight excluding hydrogens is 297 g/mol. The summed E-state index contributed by atoms with van der Waals surface area (Å²) in [5, 5.41) is 11.7. The number of rotatable bonds is 3. The Morgan fingerprint density at radius 2 is 1.86 bits per heavy atom. The molecule has 0 saturated carbocycles. The van der Waals surface area contributed by atoms with Gasteiger partial charge >= 0.3 is 10.2 Å². The van der Waals surface area contributed by atoms with Crippen LogP contribution in [0, 0.1) is 6.92 Å². The van der Waals surface area contributed by atoms with Crippen LogP contribution in [0.2, 0.25) is 0 Å². The van der Waals surface area contributed by atoms with Crippen molar-refractivity contribution in [1.82, 2.24) is 0 Å². The zero-order valence-electron chi connectivity index (χ0n) is 11.0. The van der Waals surface area contributed by atoms with Crippen molar-refractivity contribution >= 4 is 21.8 Å². The number of hydrogen-bond donors (Lipinski definition) is 2. The maximum atomic E-state index is 13.1. The molecule has 0 aliphatic rings. The standard InChI is InChI=1S/C14H12FNO4S/c1-9-8-10(6-7-12(9)17)14(18)16-11-4-2-3-5-13(11)21(15,19)20/h2-8,17H,1H3,(H,16,18). The maximum absolute atomic E-state index is 13.1. The van der Waals surface area contributed by atoms with Gasteiger partial charge in [-0.15, -0.1) is 3.89 Å². The van der Waals surface area contributed by atoms with Crippen LogP contribution in [-0.4, -0.2) is 19.4 Å². The Bertz CT molecular complexity index is 802. The minimum atomic E-state index is -4.93. The molecule has 0 heterocycles. The number of amides is 1. The van der Waals surface area contributed by atoms with Crippen molar-refractivity contribution < 1.29 is 22.2 Å². The van der Waals surface area contributed by atoms with Gasteiger partial charge < -0.3 is 10.4 Å². The van der Waals surface area contributed by atoms with E-state index in [0.29, 0.717) is 5.56 Å². The number of phenolic OH excluding ortho intramolecular Hbond substituents is 1. The molecule has 0 unspecified atom stereocenters. The van der Waals surface area contributed by atoms with E-state index in [2.05, 4.69) is 5.32 Å². The topological polar surface area (TPSA) is 83.5 Å². The first-order valence-corrected chi connectivity index (χ1v) is 7.32.